The number of H-pyrrole nitrogens is 1. The lowest BCUT2D eigenvalue weighted by Crippen LogP contribution is -2.24. The van der Waals surface area contributed by atoms with Gasteiger partial charge in [-0.1, -0.05) is 48.9 Å². The van der Waals surface area contributed by atoms with Gasteiger partial charge in [0.25, 0.3) is 5.56 Å². The minimum Gasteiger partial charge on any atom is -0.329 e. The molecular formula is C23H18ClN5O. The Morgan fingerprint density at radius 2 is 1.90 bits per heavy atom. The summed E-state index contributed by atoms with van der Waals surface area (Å²) in [5.74, 6) is -0.00362. The van der Waals surface area contributed by atoms with Gasteiger partial charge in [-0.15, -0.1) is 0 Å². The summed E-state index contributed by atoms with van der Waals surface area (Å²) >= 11 is 6.39. The number of imidazole rings is 1. The van der Waals surface area contributed by atoms with Crippen LogP contribution in [0.25, 0.3) is 27.6 Å². The summed E-state index contributed by atoms with van der Waals surface area (Å²) in [5.41, 5.74) is 3.87. The van der Waals surface area contributed by atoms with Crippen LogP contribution < -0.4 is 5.56 Å². The van der Waals surface area contributed by atoms with Crippen molar-refractivity contribution in [3.8, 4) is 5.69 Å². The average Bonchev–Trinajstić information content (AvgIpc) is 3.24. The molecule has 0 radical (unpaired) electrons. The van der Waals surface area contributed by atoms with E-state index in [9.17, 15) is 4.79 Å². The summed E-state index contributed by atoms with van der Waals surface area (Å²) < 4.78 is 1.75. The smallest absolute Gasteiger partial charge is 0.264 e. The van der Waals surface area contributed by atoms with Crippen LogP contribution in [0.3, 0.4) is 0 Å². The lowest BCUT2D eigenvalue weighted by Gasteiger charge is -2.20. The Labute approximate surface area is 177 Å². The molecule has 0 aliphatic heterocycles. The van der Waals surface area contributed by atoms with E-state index < -0.39 is 0 Å². The first kappa shape index (κ1) is 18.5. The molecule has 1 atom stereocenters. The first-order valence-electron chi connectivity index (χ1n) is 9.66. The lowest BCUT2D eigenvalue weighted by atomic mass is 9.97. The van der Waals surface area contributed by atoms with Gasteiger partial charge in [0, 0.05) is 23.7 Å². The maximum Gasteiger partial charge on any atom is 0.264 e. The van der Waals surface area contributed by atoms with Crippen LogP contribution in [0, 0.1) is 0 Å². The van der Waals surface area contributed by atoms with Crippen molar-refractivity contribution in [1.29, 1.82) is 0 Å². The largest absolute Gasteiger partial charge is 0.329 e. The number of fused-ring (bicyclic) bond motifs is 2. The highest BCUT2D eigenvalue weighted by Crippen LogP contribution is 2.28. The van der Waals surface area contributed by atoms with E-state index >= 15 is 0 Å². The normalized spacial score (nSPS) is 12.5. The molecule has 0 saturated heterocycles. The van der Waals surface area contributed by atoms with Gasteiger partial charge < -0.3 is 4.98 Å². The molecule has 5 aromatic rings. The standard InChI is InChI=1S/C23H18ClN5O/c1-14(10-18-21-22(27-12-25-18)28-13-26-21)19-11-15-6-5-9-17(24)20(15)23(30)29(19)16-7-3-2-4-8-16/h2-9,11-14H,10H2,1H3,(H,25,26,27,28)/t14-/m1/s1. The number of rotatable bonds is 4. The summed E-state index contributed by atoms with van der Waals surface area (Å²) in [6, 6.07) is 17.2. The molecule has 30 heavy (non-hydrogen) atoms. The molecule has 148 valence electrons. The Kier molecular flexibility index (Phi) is 4.56. The molecule has 0 unspecified atom stereocenters. The number of benzene rings is 2. The molecule has 2 aromatic carbocycles. The van der Waals surface area contributed by atoms with E-state index in [1.807, 2.05) is 48.5 Å². The van der Waals surface area contributed by atoms with Crippen molar-refractivity contribution < 1.29 is 0 Å². The second kappa shape index (κ2) is 7.39. The molecule has 6 nitrogen and oxygen atoms in total. The minimum atomic E-state index is -0.126. The summed E-state index contributed by atoms with van der Waals surface area (Å²) in [4.78, 5) is 29.6. The van der Waals surface area contributed by atoms with E-state index in [1.54, 1.807) is 17.0 Å². The zero-order valence-electron chi connectivity index (χ0n) is 16.2. The van der Waals surface area contributed by atoms with Crippen LogP contribution in [0.15, 0.2) is 72.0 Å². The van der Waals surface area contributed by atoms with Crippen molar-refractivity contribution in [3.05, 3.63) is 94.0 Å². The summed E-state index contributed by atoms with van der Waals surface area (Å²) in [6.07, 6.45) is 3.76. The number of hydrogen-bond acceptors (Lipinski definition) is 4. The van der Waals surface area contributed by atoms with E-state index in [-0.39, 0.29) is 11.5 Å². The van der Waals surface area contributed by atoms with E-state index in [2.05, 4.69) is 26.9 Å². The number of pyridine rings is 1. The summed E-state index contributed by atoms with van der Waals surface area (Å²) in [5, 5.41) is 1.81. The molecule has 0 saturated carbocycles. The first-order chi connectivity index (χ1) is 14.6. The van der Waals surface area contributed by atoms with Gasteiger partial charge in [0.1, 0.15) is 11.8 Å². The average molecular weight is 416 g/mol. The molecule has 5 rings (SSSR count). The highest BCUT2D eigenvalue weighted by Gasteiger charge is 2.19. The van der Waals surface area contributed by atoms with E-state index in [0.717, 1.165) is 28.0 Å². The molecule has 0 amide bonds. The Morgan fingerprint density at radius 3 is 2.73 bits per heavy atom. The second-order valence-corrected chi connectivity index (χ2v) is 7.68. The van der Waals surface area contributed by atoms with Crippen molar-refractivity contribution in [1.82, 2.24) is 24.5 Å². The first-order valence-corrected chi connectivity index (χ1v) is 10.0. The third-order valence-corrected chi connectivity index (χ3v) is 5.65. The van der Waals surface area contributed by atoms with Crippen molar-refractivity contribution in [2.24, 2.45) is 0 Å². The quantitative estimate of drug-likeness (QED) is 0.463. The van der Waals surface area contributed by atoms with Gasteiger partial charge in [-0.05, 0) is 29.7 Å². The van der Waals surface area contributed by atoms with E-state index in [1.165, 1.54) is 6.33 Å². The molecule has 0 aliphatic carbocycles. The summed E-state index contributed by atoms with van der Waals surface area (Å²) in [6.45, 7) is 2.09. The van der Waals surface area contributed by atoms with Crippen LogP contribution >= 0.6 is 11.6 Å². The van der Waals surface area contributed by atoms with Gasteiger partial charge in [-0.2, -0.15) is 0 Å². The fourth-order valence-corrected chi connectivity index (χ4v) is 4.17. The highest BCUT2D eigenvalue weighted by molar-refractivity contribution is 6.35. The molecule has 0 aliphatic rings. The van der Waals surface area contributed by atoms with Gasteiger partial charge >= 0.3 is 0 Å². The number of nitrogens with zero attached hydrogens (tertiary/aromatic N) is 4. The highest BCUT2D eigenvalue weighted by atomic mass is 35.5. The molecule has 3 heterocycles. The Balaban J connectivity index is 1.71. The van der Waals surface area contributed by atoms with Crippen LogP contribution in [0.1, 0.15) is 24.2 Å². The Morgan fingerprint density at radius 1 is 1.07 bits per heavy atom. The van der Waals surface area contributed by atoms with Gasteiger partial charge in [0.05, 0.1) is 22.4 Å². The van der Waals surface area contributed by atoms with Crippen molar-refractivity contribution in [2.75, 3.05) is 0 Å². The zero-order chi connectivity index (χ0) is 20.7. The SMILES string of the molecule is C[C@H](Cc1ncnc2[nH]cnc12)c1cc2cccc(Cl)c2c(=O)n1-c1ccccc1. The summed E-state index contributed by atoms with van der Waals surface area (Å²) in [7, 11) is 0. The maximum absolute atomic E-state index is 13.5. The lowest BCUT2D eigenvalue weighted by molar-refractivity contribution is 0.687. The van der Waals surface area contributed by atoms with Gasteiger partial charge in [-0.25, -0.2) is 15.0 Å². The third-order valence-electron chi connectivity index (χ3n) is 5.34. The van der Waals surface area contributed by atoms with Crippen LogP contribution in [0.4, 0.5) is 0 Å². The third kappa shape index (κ3) is 3.06. The number of hydrogen-bond donors (Lipinski definition) is 1. The number of para-hydroxylation sites is 1. The van der Waals surface area contributed by atoms with Crippen LogP contribution in [-0.2, 0) is 6.42 Å². The van der Waals surface area contributed by atoms with Crippen molar-refractivity contribution in [3.63, 3.8) is 0 Å². The molecule has 0 spiro atoms. The van der Waals surface area contributed by atoms with Gasteiger partial charge in [-0.3, -0.25) is 9.36 Å². The van der Waals surface area contributed by atoms with Crippen LogP contribution in [0.5, 0.6) is 0 Å². The van der Waals surface area contributed by atoms with E-state index in [4.69, 9.17) is 11.6 Å². The van der Waals surface area contributed by atoms with Crippen LogP contribution in [0.2, 0.25) is 5.02 Å². The Hall–Kier alpha value is -3.51. The maximum atomic E-state index is 13.5. The fraction of sp³-hybridized carbons (Fsp3) is 0.130. The second-order valence-electron chi connectivity index (χ2n) is 7.27. The fourth-order valence-electron chi connectivity index (χ4n) is 3.90. The number of halogens is 1. The molecule has 0 bridgehead atoms. The molecule has 3 aromatic heterocycles. The van der Waals surface area contributed by atoms with E-state index in [0.29, 0.717) is 22.5 Å². The van der Waals surface area contributed by atoms with Crippen LogP contribution in [-0.4, -0.2) is 24.5 Å². The Bertz CT molecular complexity index is 1420. The zero-order valence-corrected chi connectivity index (χ0v) is 17.0. The van der Waals surface area contributed by atoms with Crippen molar-refractivity contribution in [2.45, 2.75) is 19.3 Å². The molecular weight excluding hydrogens is 398 g/mol. The minimum absolute atomic E-state index is 0.00362. The molecule has 7 heteroatoms. The predicted octanol–water partition coefficient (Wildman–Crippen LogP) is 4.66. The molecule has 0 fully saturated rings. The van der Waals surface area contributed by atoms with Crippen molar-refractivity contribution >= 4 is 33.5 Å². The monoisotopic (exact) mass is 415 g/mol. The molecule has 1 N–H and O–H groups in total. The number of nitrogens with one attached hydrogen (secondary N) is 1. The van der Waals surface area contributed by atoms with Gasteiger partial charge in [0.2, 0.25) is 0 Å². The van der Waals surface area contributed by atoms with Gasteiger partial charge in [0.15, 0.2) is 5.65 Å². The topological polar surface area (TPSA) is 76.5 Å². The predicted molar refractivity (Wildman–Crippen MR) is 118 cm³/mol. The number of aromatic amines is 1. The number of aromatic nitrogens is 5.